The molecule has 1 aliphatic heterocycles. The zero-order valence-corrected chi connectivity index (χ0v) is 6.60. The highest BCUT2D eigenvalue weighted by atomic mass is 16.1. The maximum absolute atomic E-state index is 10.7. The van der Waals surface area contributed by atoms with E-state index in [1.165, 1.54) is 6.42 Å². The molecule has 0 aromatic heterocycles. The molecule has 2 rings (SSSR count). The first-order valence-electron chi connectivity index (χ1n) is 4.22. The normalized spacial score (nSPS) is 42.4. The SMILES string of the molecule is NC(=O)C1CC2(CCNC2)C1. The lowest BCUT2D eigenvalue weighted by Gasteiger charge is -2.43. The highest BCUT2D eigenvalue weighted by Crippen LogP contribution is 2.49. The molecule has 0 unspecified atom stereocenters. The fraction of sp³-hybridized carbons (Fsp3) is 0.875. The number of primary amides is 1. The maximum Gasteiger partial charge on any atom is 0.220 e. The zero-order valence-electron chi connectivity index (χ0n) is 6.60. The van der Waals surface area contributed by atoms with Gasteiger partial charge in [0.15, 0.2) is 0 Å². The topological polar surface area (TPSA) is 55.1 Å². The number of amides is 1. The Kier molecular flexibility index (Phi) is 1.42. The van der Waals surface area contributed by atoms with Crippen molar-refractivity contribution >= 4 is 5.91 Å². The number of nitrogens with one attached hydrogen (secondary N) is 1. The number of nitrogens with two attached hydrogens (primary N) is 1. The minimum atomic E-state index is -0.109. The third-order valence-electron chi connectivity index (χ3n) is 3.09. The Morgan fingerprint density at radius 2 is 2.27 bits per heavy atom. The summed E-state index contributed by atoms with van der Waals surface area (Å²) in [6.45, 7) is 2.21. The van der Waals surface area contributed by atoms with Crippen molar-refractivity contribution < 1.29 is 4.79 Å². The van der Waals surface area contributed by atoms with Gasteiger partial charge in [-0.05, 0) is 31.2 Å². The van der Waals surface area contributed by atoms with Gasteiger partial charge in [0.1, 0.15) is 0 Å². The van der Waals surface area contributed by atoms with Crippen molar-refractivity contribution in [1.82, 2.24) is 5.32 Å². The first-order valence-corrected chi connectivity index (χ1v) is 4.22. The molecule has 1 saturated heterocycles. The summed E-state index contributed by atoms with van der Waals surface area (Å²) in [6, 6.07) is 0. The van der Waals surface area contributed by atoms with Crippen LogP contribution in [-0.2, 0) is 4.79 Å². The van der Waals surface area contributed by atoms with E-state index in [9.17, 15) is 4.79 Å². The van der Waals surface area contributed by atoms with Crippen molar-refractivity contribution in [2.75, 3.05) is 13.1 Å². The Morgan fingerprint density at radius 1 is 1.55 bits per heavy atom. The van der Waals surface area contributed by atoms with E-state index in [0.29, 0.717) is 5.41 Å². The lowest BCUT2D eigenvalue weighted by Crippen LogP contribution is -2.44. The standard InChI is InChI=1S/C8H14N2O/c9-7(11)6-3-8(4-6)1-2-10-5-8/h6,10H,1-5H2,(H2,9,11). The fourth-order valence-electron chi connectivity index (χ4n) is 2.33. The van der Waals surface area contributed by atoms with Crippen LogP contribution in [0.1, 0.15) is 19.3 Å². The average Bonchev–Trinajstić information content (AvgIpc) is 2.29. The Morgan fingerprint density at radius 3 is 2.73 bits per heavy atom. The fourth-order valence-corrected chi connectivity index (χ4v) is 2.33. The molecule has 1 aliphatic carbocycles. The van der Waals surface area contributed by atoms with Crippen LogP contribution in [0.4, 0.5) is 0 Å². The lowest BCUT2D eigenvalue weighted by atomic mass is 9.61. The van der Waals surface area contributed by atoms with Crippen molar-refractivity contribution in [3.63, 3.8) is 0 Å². The number of hydrogen-bond donors (Lipinski definition) is 2. The van der Waals surface area contributed by atoms with E-state index < -0.39 is 0 Å². The Hall–Kier alpha value is -0.570. The molecule has 62 valence electrons. The molecule has 1 saturated carbocycles. The Balaban J connectivity index is 1.91. The van der Waals surface area contributed by atoms with Crippen LogP contribution in [0, 0.1) is 11.3 Å². The van der Waals surface area contributed by atoms with Crippen LogP contribution in [0.3, 0.4) is 0 Å². The highest BCUT2D eigenvalue weighted by Gasteiger charge is 2.47. The molecule has 3 heteroatoms. The summed E-state index contributed by atoms with van der Waals surface area (Å²) >= 11 is 0. The third-order valence-corrected chi connectivity index (χ3v) is 3.09. The first kappa shape index (κ1) is 7.10. The van der Waals surface area contributed by atoms with Crippen LogP contribution in [0.5, 0.6) is 0 Å². The summed E-state index contributed by atoms with van der Waals surface area (Å²) in [7, 11) is 0. The van der Waals surface area contributed by atoms with Crippen LogP contribution in [0.2, 0.25) is 0 Å². The molecule has 0 aromatic carbocycles. The molecule has 11 heavy (non-hydrogen) atoms. The van der Waals surface area contributed by atoms with Crippen molar-refractivity contribution in [2.45, 2.75) is 19.3 Å². The van der Waals surface area contributed by atoms with E-state index in [2.05, 4.69) is 5.32 Å². The summed E-state index contributed by atoms with van der Waals surface area (Å²) in [6.07, 6.45) is 3.28. The largest absolute Gasteiger partial charge is 0.369 e. The Labute approximate surface area is 66.3 Å². The quantitative estimate of drug-likeness (QED) is 0.552. The molecule has 2 fully saturated rings. The van der Waals surface area contributed by atoms with Gasteiger partial charge in [-0.25, -0.2) is 0 Å². The van der Waals surface area contributed by atoms with E-state index in [0.717, 1.165) is 25.9 Å². The second-order valence-electron chi connectivity index (χ2n) is 3.93. The summed E-state index contributed by atoms with van der Waals surface area (Å²) in [4.78, 5) is 10.7. The summed E-state index contributed by atoms with van der Waals surface area (Å²) < 4.78 is 0. The molecule has 0 atom stereocenters. The summed E-state index contributed by atoms with van der Waals surface area (Å²) in [5, 5.41) is 3.32. The third kappa shape index (κ3) is 1.03. The minimum Gasteiger partial charge on any atom is -0.369 e. The van der Waals surface area contributed by atoms with Crippen LogP contribution in [0.25, 0.3) is 0 Å². The molecule has 2 aliphatic rings. The van der Waals surface area contributed by atoms with Crippen LogP contribution >= 0.6 is 0 Å². The van der Waals surface area contributed by atoms with Crippen molar-refractivity contribution in [3.8, 4) is 0 Å². The number of rotatable bonds is 1. The van der Waals surface area contributed by atoms with Crippen LogP contribution in [0.15, 0.2) is 0 Å². The van der Waals surface area contributed by atoms with Crippen molar-refractivity contribution in [1.29, 1.82) is 0 Å². The van der Waals surface area contributed by atoms with E-state index >= 15 is 0 Å². The molecular weight excluding hydrogens is 140 g/mol. The van der Waals surface area contributed by atoms with Gasteiger partial charge in [-0.1, -0.05) is 0 Å². The van der Waals surface area contributed by atoms with Crippen molar-refractivity contribution in [3.05, 3.63) is 0 Å². The maximum atomic E-state index is 10.7. The predicted molar refractivity (Wildman–Crippen MR) is 41.8 cm³/mol. The van der Waals surface area contributed by atoms with Gasteiger partial charge in [-0.15, -0.1) is 0 Å². The molecule has 0 aromatic rings. The number of carbonyl (C=O) groups is 1. The van der Waals surface area contributed by atoms with E-state index in [1.54, 1.807) is 0 Å². The van der Waals surface area contributed by atoms with Gasteiger partial charge in [0.2, 0.25) is 5.91 Å². The molecule has 1 spiro atoms. The van der Waals surface area contributed by atoms with E-state index in [-0.39, 0.29) is 11.8 Å². The zero-order chi connectivity index (χ0) is 7.90. The number of hydrogen-bond acceptors (Lipinski definition) is 2. The van der Waals surface area contributed by atoms with E-state index in [1.807, 2.05) is 0 Å². The lowest BCUT2D eigenvalue weighted by molar-refractivity contribution is -0.128. The summed E-state index contributed by atoms with van der Waals surface area (Å²) in [5.41, 5.74) is 5.65. The average molecular weight is 154 g/mol. The van der Waals surface area contributed by atoms with Gasteiger partial charge >= 0.3 is 0 Å². The second kappa shape index (κ2) is 2.21. The monoisotopic (exact) mass is 154 g/mol. The molecule has 1 amide bonds. The summed E-state index contributed by atoms with van der Waals surface area (Å²) in [5.74, 6) is 0.0671. The highest BCUT2D eigenvalue weighted by molar-refractivity contribution is 5.77. The number of carbonyl (C=O) groups excluding carboxylic acids is 1. The Bertz CT molecular complexity index is 177. The van der Waals surface area contributed by atoms with Gasteiger partial charge in [-0.3, -0.25) is 4.79 Å². The van der Waals surface area contributed by atoms with Crippen molar-refractivity contribution in [2.24, 2.45) is 17.1 Å². The van der Waals surface area contributed by atoms with Gasteiger partial charge < -0.3 is 11.1 Å². The van der Waals surface area contributed by atoms with Crippen LogP contribution in [-0.4, -0.2) is 19.0 Å². The van der Waals surface area contributed by atoms with Crippen LogP contribution < -0.4 is 11.1 Å². The second-order valence-corrected chi connectivity index (χ2v) is 3.93. The predicted octanol–water partition coefficient (Wildman–Crippen LogP) is -0.139. The molecule has 3 N–H and O–H groups in total. The van der Waals surface area contributed by atoms with Gasteiger partial charge in [-0.2, -0.15) is 0 Å². The van der Waals surface area contributed by atoms with Gasteiger partial charge in [0.05, 0.1) is 0 Å². The molecule has 0 bridgehead atoms. The first-order chi connectivity index (χ1) is 5.22. The minimum absolute atomic E-state index is 0.109. The molecule has 1 heterocycles. The van der Waals surface area contributed by atoms with Gasteiger partial charge in [0, 0.05) is 12.5 Å². The van der Waals surface area contributed by atoms with Gasteiger partial charge in [0.25, 0.3) is 0 Å². The molecule has 3 nitrogen and oxygen atoms in total. The smallest absolute Gasteiger partial charge is 0.220 e. The van der Waals surface area contributed by atoms with E-state index in [4.69, 9.17) is 5.73 Å². The molecular formula is C8H14N2O. The molecule has 0 radical (unpaired) electrons.